The van der Waals surface area contributed by atoms with Crippen molar-refractivity contribution in [1.29, 1.82) is 0 Å². The van der Waals surface area contributed by atoms with Crippen LogP contribution in [0.3, 0.4) is 0 Å². The number of rotatable bonds is 6. The van der Waals surface area contributed by atoms with Gasteiger partial charge >= 0.3 is 6.36 Å². The lowest BCUT2D eigenvalue weighted by Crippen LogP contribution is -2.51. The molecule has 1 saturated heterocycles. The molecule has 1 amide bonds. The van der Waals surface area contributed by atoms with Gasteiger partial charge in [0.25, 0.3) is 5.56 Å². The minimum atomic E-state index is -5.03. The second-order valence-electron chi connectivity index (χ2n) is 9.97. The Balaban J connectivity index is 1.37. The Morgan fingerprint density at radius 1 is 1.10 bits per heavy atom. The predicted octanol–water partition coefficient (Wildman–Crippen LogP) is 4.94. The summed E-state index contributed by atoms with van der Waals surface area (Å²) in [5.41, 5.74) is -1.03. The molecule has 0 radical (unpaired) electrons. The van der Waals surface area contributed by atoms with Gasteiger partial charge in [-0.2, -0.15) is 0 Å². The van der Waals surface area contributed by atoms with Crippen molar-refractivity contribution in [3.05, 3.63) is 76.3 Å². The molecule has 0 unspecified atom stereocenters. The van der Waals surface area contributed by atoms with Crippen molar-refractivity contribution in [3.63, 3.8) is 0 Å². The number of aromatic nitrogens is 3. The lowest BCUT2D eigenvalue weighted by atomic mass is 10.0. The quantitative estimate of drug-likeness (QED) is 0.312. The minimum absolute atomic E-state index is 0.0702. The number of ether oxygens (including phenoxy) is 2. The highest BCUT2D eigenvalue weighted by Crippen LogP contribution is 2.44. The van der Waals surface area contributed by atoms with Gasteiger partial charge in [0.2, 0.25) is 5.91 Å². The molecule has 1 aliphatic carbocycles. The first kappa shape index (κ1) is 28.1. The number of alkyl halides is 3. The second-order valence-corrected chi connectivity index (χ2v) is 10.4. The van der Waals surface area contributed by atoms with Crippen LogP contribution in [0, 0.1) is 5.82 Å². The van der Waals surface area contributed by atoms with Crippen LogP contribution in [0.2, 0.25) is 5.02 Å². The summed E-state index contributed by atoms with van der Waals surface area (Å²) in [4.78, 5) is 36.9. The van der Waals surface area contributed by atoms with Gasteiger partial charge in [0.1, 0.15) is 17.7 Å². The molecule has 1 aliphatic heterocycles. The van der Waals surface area contributed by atoms with Gasteiger partial charge in [0.05, 0.1) is 40.5 Å². The van der Waals surface area contributed by atoms with Crippen molar-refractivity contribution >= 4 is 34.1 Å². The molecule has 0 atom stereocenters. The fraction of sp³-hybridized carbons (Fsp3) is 0.286. The molecule has 2 aromatic carbocycles. The highest BCUT2D eigenvalue weighted by atomic mass is 35.5. The van der Waals surface area contributed by atoms with Crippen molar-refractivity contribution in [3.8, 4) is 22.6 Å². The molecule has 218 valence electrons. The fourth-order valence-electron chi connectivity index (χ4n) is 5.12. The molecule has 3 heterocycles. The third kappa shape index (κ3) is 5.42. The Bertz CT molecular complexity index is 1750. The summed E-state index contributed by atoms with van der Waals surface area (Å²) in [5, 5.41) is 2.81. The Hall–Kier alpha value is -4.07. The number of carbonyl (C=O) groups is 1. The molecule has 4 aromatic rings. The van der Waals surface area contributed by atoms with E-state index in [0.717, 1.165) is 16.7 Å². The third-order valence-corrected chi connectivity index (χ3v) is 7.55. The van der Waals surface area contributed by atoms with Crippen molar-refractivity contribution in [2.24, 2.45) is 0 Å². The van der Waals surface area contributed by atoms with Crippen LogP contribution in [-0.2, 0) is 9.53 Å². The Kier molecular flexibility index (Phi) is 7.11. The van der Waals surface area contributed by atoms with Crippen LogP contribution in [0.4, 0.5) is 23.2 Å². The molecule has 42 heavy (non-hydrogen) atoms. The van der Waals surface area contributed by atoms with Crippen LogP contribution in [0.15, 0.2) is 59.9 Å². The summed E-state index contributed by atoms with van der Waals surface area (Å²) in [6.07, 6.45) is 0.0431. The molecular formula is C28H22ClF4N5O4. The number of carbonyl (C=O) groups excluding carboxylic acids is 1. The van der Waals surface area contributed by atoms with Gasteiger partial charge in [-0.15, -0.1) is 13.2 Å². The Morgan fingerprint density at radius 2 is 1.86 bits per heavy atom. The monoisotopic (exact) mass is 603 g/mol. The van der Waals surface area contributed by atoms with E-state index in [1.165, 1.54) is 43.0 Å². The van der Waals surface area contributed by atoms with Gasteiger partial charge in [-0.25, -0.2) is 9.37 Å². The predicted molar refractivity (Wildman–Crippen MR) is 145 cm³/mol. The minimum Gasteiger partial charge on any atom is -0.404 e. The number of morpholine rings is 1. The molecule has 0 bridgehead atoms. The fourth-order valence-corrected chi connectivity index (χ4v) is 5.29. The first-order chi connectivity index (χ1) is 20.0. The zero-order valence-corrected chi connectivity index (χ0v) is 22.5. The summed E-state index contributed by atoms with van der Waals surface area (Å²) in [5.74, 6) is -1.85. The van der Waals surface area contributed by atoms with Gasteiger partial charge < -0.3 is 14.8 Å². The van der Waals surface area contributed by atoms with Crippen LogP contribution in [0.5, 0.6) is 5.75 Å². The zero-order chi connectivity index (χ0) is 29.6. The van der Waals surface area contributed by atoms with Gasteiger partial charge in [-0.3, -0.25) is 24.0 Å². The second kappa shape index (κ2) is 10.6. The van der Waals surface area contributed by atoms with E-state index >= 15 is 4.39 Å². The third-order valence-electron chi connectivity index (χ3n) is 7.34. The van der Waals surface area contributed by atoms with Crippen molar-refractivity contribution in [1.82, 2.24) is 19.4 Å². The SMILES string of the molecule is O=C(Nc1cc(-n2cnc3cc(-c4cncc(Cl)c4)c(F)cc3c2=O)ccc1OC(F)(F)F)C1(N2CCOCC2)CC1. The van der Waals surface area contributed by atoms with E-state index < -0.39 is 34.9 Å². The molecular weight excluding hydrogens is 582 g/mol. The number of nitrogens with zero attached hydrogens (tertiary/aromatic N) is 4. The van der Waals surface area contributed by atoms with Gasteiger partial charge in [-0.05, 0) is 49.2 Å². The summed E-state index contributed by atoms with van der Waals surface area (Å²) in [6.45, 7) is 1.93. The van der Waals surface area contributed by atoms with Crippen LogP contribution in [-0.4, -0.2) is 63.5 Å². The normalized spacial score (nSPS) is 16.8. The zero-order valence-electron chi connectivity index (χ0n) is 21.8. The topological polar surface area (TPSA) is 98.6 Å². The average molecular weight is 604 g/mol. The summed E-state index contributed by atoms with van der Waals surface area (Å²) >= 11 is 5.98. The smallest absolute Gasteiger partial charge is 0.404 e. The molecule has 2 aliphatic rings. The number of benzene rings is 2. The average Bonchev–Trinajstić information content (AvgIpc) is 3.77. The molecule has 9 nitrogen and oxygen atoms in total. The first-order valence-corrected chi connectivity index (χ1v) is 13.3. The van der Waals surface area contributed by atoms with E-state index in [-0.39, 0.29) is 27.8 Å². The lowest BCUT2D eigenvalue weighted by molar-refractivity contribution is -0.274. The maximum atomic E-state index is 15.1. The summed E-state index contributed by atoms with van der Waals surface area (Å²) < 4.78 is 65.3. The molecule has 0 spiro atoms. The largest absolute Gasteiger partial charge is 0.573 e. The van der Waals surface area contributed by atoms with E-state index in [9.17, 15) is 22.8 Å². The summed E-state index contributed by atoms with van der Waals surface area (Å²) in [7, 11) is 0. The van der Waals surface area contributed by atoms with Gasteiger partial charge in [0.15, 0.2) is 5.75 Å². The van der Waals surface area contributed by atoms with E-state index in [4.69, 9.17) is 16.3 Å². The molecule has 2 fully saturated rings. The van der Waals surface area contributed by atoms with Crippen LogP contribution < -0.4 is 15.6 Å². The van der Waals surface area contributed by atoms with Crippen LogP contribution in [0.1, 0.15) is 12.8 Å². The molecule has 2 aromatic heterocycles. The molecule has 6 rings (SSSR count). The molecule has 1 N–H and O–H groups in total. The highest BCUT2D eigenvalue weighted by Gasteiger charge is 2.54. The van der Waals surface area contributed by atoms with E-state index in [2.05, 4.69) is 20.0 Å². The highest BCUT2D eigenvalue weighted by molar-refractivity contribution is 6.30. The first-order valence-electron chi connectivity index (χ1n) is 12.9. The van der Waals surface area contributed by atoms with Crippen LogP contribution in [0.25, 0.3) is 27.7 Å². The maximum Gasteiger partial charge on any atom is 0.573 e. The maximum absolute atomic E-state index is 15.1. The molecule has 1 saturated carbocycles. The number of hydrogen-bond donors (Lipinski definition) is 1. The summed E-state index contributed by atoms with van der Waals surface area (Å²) in [6, 6.07) is 7.33. The van der Waals surface area contributed by atoms with Gasteiger partial charge in [0, 0.05) is 36.6 Å². The van der Waals surface area contributed by atoms with E-state index in [1.807, 2.05) is 4.90 Å². The van der Waals surface area contributed by atoms with Crippen LogP contribution >= 0.6 is 11.6 Å². The number of halogens is 5. The van der Waals surface area contributed by atoms with E-state index in [1.54, 1.807) is 0 Å². The van der Waals surface area contributed by atoms with Crippen molar-refractivity contribution in [2.45, 2.75) is 24.7 Å². The lowest BCUT2D eigenvalue weighted by Gasteiger charge is -2.34. The Morgan fingerprint density at radius 3 is 2.55 bits per heavy atom. The number of hydrogen-bond acceptors (Lipinski definition) is 7. The number of pyridine rings is 1. The van der Waals surface area contributed by atoms with E-state index in [0.29, 0.717) is 49.7 Å². The number of nitrogens with one attached hydrogen (secondary N) is 1. The standard InChI is InChI=1S/C28H22ClF4N5O4/c29-17-9-16(13-34-14-17)19-12-22-20(11-21(19)30)25(39)38(15-35-22)18-1-2-24(42-28(31,32)33)23(10-18)36-26(40)27(3-4-27)37-5-7-41-8-6-37/h1-2,9-15H,3-8H2,(H,36,40). The Labute approximate surface area is 240 Å². The number of amides is 1. The number of anilines is 1. The van der Waals surface area contributed by atoms with Crippen molar-refractivity contribution in [2.75, 3.05) is 31.6 Å². The van der Waals surface area contributed by atoms with Crippen molar-refractivity contribution < 1.29 is 31.8 Å². The molecule has 14 heteroatoms. The number of fused-ring (bicyclic) bond motifs is 1. The van der Waals surface area contributed by atoms with Gasteiger partial charge in [-0.1, -0.05) is 11.6 Å².